The van der Waals surface area contributed by atoms with E-state index in [1.807, 2.05) is 0 Å². The number of hydrogen-bond acceptors (Lipinski definition) is 0. The van der Waals surface area contributed by atoms with Gasteiger partial charge in [-0.2, -0.15) is 22.0 Å². The first kappa shape index (κ1) is 10.1. The molecule has 0 unspecified atom stereocenters. The Morgan fingerprint density at radius 2 is 1.64 bits per heavy atom. The van der Waals surface area contributed by atoms with E-state index < -0.39 is 24.5 Å². The van der Waals surface area contributed by atoms with Crippen molar-refractivity contribution in [2.45, 2.75) is 6.18 Å². The summed E-state index contributed by atoms with van der Waals surface area (Å²) in [7, 11) is 0. The van der Waals surface area contributed by atoms with Crippen LogP contribution in [-0.4, -0.2) is 12.9 Å². The van der Waals surface area contributed by atoms with Crippen molar-refractivity contribution in [1.82, 2.24) is 0 Å². The molecule has 0 aliphatic rings. The van der Waals surface area contributed by atoms with Gasteiger partial charge in [-0.25, -0.2) is 4.39 Å². The Bertz CT molecular complexity index is 194. The van der Waals surface area contributed by atoms with Gasteiger partial charge < -0.3 is 0 Å². The summed E-state index contributed by atoms with van der Waals surface area (Å²) in [4.78, 5) is 0. The molecule has 0 amide bonds. The molecule has 11 heavy (non-hydrogen) atoms. The summed E-state index contributed by atoms with van der Waals surface area (Å²) in [5.74, 6) is -4.69. The van der Waals surface area contributed by atoms with Crippen LogP contribution in [0.1, 0.15) is 0 Å². The van der Waals surface area contributed by atoms with Crippen LogP contribution in [0, 0.1) is 0 Å². The van der Waals surface area contributed by atoms with Crippen molar-refractivity contribution >= 4 is 0 Å². The lowest BCUT2D eigenvalue weighted by atomic mass is 10.5. The van der Waals surface area contributed by atoms with E-state index in [-0.39, 0.29) is 0 Å². The van der Waals surface area contributed by atoms with Gasteiger partial charge in [-0.15, -0.1) is 0 Å². The maximum absolute atomic E-state index is 11.6. The molecule has 0 saturated heterocycles. The molecule has 0 N–H and O–H groups in total. The first-order valence-corrected chi connectivity index (χ1v) is 2.32. The molecule has 0 spiro atoms. The largest absolute Gasteiger partial charge is 0.450 e. The van der Waals surface area contributed by atoms with Crippen LogP contribution in [0.4, 0.5) is 26.3 Å². The number of allylic oxidation sites excluding steroid dienone is 1. The molecule has 0 aromatic heterocycles. The molecular weight excluding hydrogens is 174 g/mol. The SMILES string of the molecule is FCC(F)=C=C(F)C(F)(F)F. The summed E-state index contributed by atoms with van der Waals surface area (Å²) in [6, 6.07) is 0. The van der Waals surface area contributed by atoms with Crippen LogP contribution in [0.5, 0.6) is 0 Å². The topological polar surface area (TPSA) is 0 Å². The predicted octanol–water partition coefficient (Wildman–Crippen LogP) is 2.82. The molecule has 0 aromatic carbocycles. The molecule has 6 heteroatoms. The second-order valence-electron chi connectivity index (χ2n) is 1.48. The Kier molecular flexibility index (Phi) is 3.19. The van der Waals surface area contributed by atoms with Crippen molar-refractivity contribution < 1.29 is 26.3 Å². The van der Waals surface area contributed by atoms with E-state index >= 15 is 0 Å². The molecule has 0 radical (unpaired) electrons. The summed E-state index contributed by atoms with van der Waals surface area (Å²) in [6.45, 7) is -1.80. The van der Waals surface area contributed by atoms with Gasteiger partial charge in [-0.05, 0) is 5.73 Å². The maximum atomic E-state index is 11.6. The first-order chi connectivity index (χ1) is 4.88. The fourth-order valence-electron chi connectivity index (χ4n) is 0.223. The summed E-state index contributed by atoms with van der Waals surface area (Å²) in [5.41, 5.74) is 0.569. The minimum atomic E-state index is -5.30. The Hall–Kier alpha value is -0.900. The van der Waals surface area contributed by atoms with Gasteiger partial charge in [0.05, 0.1) is 0 Å². The highest BCUT2D eigenvalue weighted by molar-refractivity contribution is 5.02. The van der Waals surface area contributed by atoms with Crippen molar-refractivity contribution in [2.24, 2.45) is 0 Å². The van der Waals surface area contributed by atoms with Crippen LogP contribution in [0.3, 0.4) is 0 Å². The zero-order valence-corrected chi connectivity index (χ0v) is 4.97. The van der Waals surface area contributed by atoms with Gasteiger partial charge in [0.1, 0.15) is 6.67 Å². The third kappa shape index (κ3) is 3.72. The average molecular weight is 176 g/mol. The van der Waals surface area contributed by atoms with Crippen LogP contribution < -0.4 is 0 Å². The zero-order valence-electron chi connectivity index (χ0n) is 4.97. The van der Waals surface area contributed by atoms with Gasteiger partial charge in [0.25, 0.3) is 0 Å². The Balaban J connectivity index is 4.72. The lowest BCUT2D eigenvalue weighted by Crippen LogP contribution is -2.06. The van der Waals surface area contributed by atoms with Gasteiger partial charge >= 0.3 is 6.18 Å². The molecule has 0 aliphatic heterocycles. The van der Waals surface area contributed by atoms with E-state index in [1.165, 1.54) is 0 Å². The van der Waals surface area contributed by atoms with E-state index in [4.69, 9.17) is 0 Å². The Morgan fingerprint density at radius 1 is 1.18 bits per heavy atom. The Morgan fingerprint density at radius 3 is 1.91 bits per heavy atom. The van der Waals surface area contributed by atoms with Crippen LogP contribution >= 0.6 is 0 Å². The molecular formula is C5H2F6. The zero-order chi connectivity index (χ0) is 9.07. The minimum Gasteiger partial charge on any atom is -0.243 e. The van der Waals surface area contributed by atoms with Crippen LogP contribution in [0.15, 0.2) is 17.4 Å². The first-order valence-electron chi connectivity index (χ1n) is 2.32. The second kappa shape index (κ2) is 3.48. The monoisotopic (exact) mass is 176 g/mol. The highest BCUT2D eigenvalue weighted by Crippen LogP contribution is 2.25. The average Bonchev–Trinajstić information content (AvgIpc) is 1.85. The van der Waals surface area contributed by atoms with Gasteiger partial charge in [0.2, 0.25) is 5.83 Å². The normalized spacial score (nSPS) is 10.7. The van der Waals surface area contributed by atoms with E-state index in [2.05, 4.69) is 0 Å². The fraction of sp³-hybridized carbons (Fsp3) is 0.400. The van der Waals surface area contributed by atoms with Gasteiger partial charge in [-0.1, -0.05) is 0 Å². The van der Waals surface area contributed by atoms with Gasteiger partial charge in [0, 0.05) is 0 Å². The molecule has 0 saturated carbocycles. The molecule has 0 aliphatic carbocycles. The summed E-state index contributed by atoms with van der Waals surface area (Å²) >= 11 is 0. The van der Waals surface area contributed by atoms with Crippen LogP contribution in [-0.2, 0) is 0 Å². The second-order valence-corrected chi connectivity index (χ2v) is 1.48. The lowest BCUT2D eigenvalue weighted by molar-refractivity contribution is -0.108. The predicted molar refractivity (Wildman–Crippen MR) is 24.8 cm³/mol. The van der Waals surface area contributed by atoms with Crippen molar-refractivity contribution in [3.8, 4) is 0 Å². The highest BCUT2D eigenvalue weighted by atomic mass is 19.4. The summed E-state index contributed by atoms with van der Waals surface area (Å²) < 4.78 is 67.8. The third-order valence-corrected chi connectivity index (χ3v) is 0.612. The van der Waals surface area contributed by atoms with Gasteiger partial charge in [-0.3, -0.25) is 0 Å². The molecule has 64 valence electrons. The molecule has 0 atom stereocenters. The van der Waals surface area contributed by atoms with Crippen molar-refractivity contribution in [3.63, 3.8) is 0 Å². The maximum Gasteiger partial charge on any atom is 0.450 e. The third-order valence-electron chi connectivity index (χ3n) is 0.612. The summed E-state index contributed by atoms with van der Waals surface area (Å²) in [6.07, 6.45) is -5.30. The number of hydrogen-bond donors (Lipinski definition) is 0. The van der Waals surface area contributed by atoms with Crippen molar-refractivity contribution in [3.05, 3.63) is 17.4 Å². The van der Waals surface area contributed by atoms with E-state index in [0.29, 0.717) is 5.73 Å². The number of rotatable bonds is 1. The molecule has 0 fully saturated rings. The molecule has 0 heterocycles. The van der Waals surface area contributed by atoms with Crippen LogP contribution in [0.25, 0.3) is 0 Å². The van der Waals surface area contributed by atoms with Crippen LogP contribution in [0.2, 0.25) is 0 Å². The molecule has 0 nitrogen and oxygen atoms in total. The number of halogens is 6. The number of alkyl halides is 4. The van der Waals surface area contributed by atoms with Gasteiger partial charge in [0.15, 0.2) is 5.83 Å². The molecule has 0 rings (SSSR count). The summed E-state index contributed by atoms with van der Waals surface area (Å²) in [5, 5.41) is 0. The molecule has 0 aromatic rings. The Labute approximate surface area is 57.8 Å². The fourth-order valence-corrected chi connectivity index (χ4v) is 0.223. The smallest absolute Gasteiger partial charge is 0.243 e. The van der Waals surface area contributed by atoms with Crippen molar-refractivity contribution in [1.29, 1.82) is 0 Å². The lowest BCUT2D eigenvalue weighted by Gasteiger charge is -1.97. The van der Waals surface area contributed by atoms with E-state index in [9.17, 15) is 26.3 Å². The highest BCUT2D eigenvalue weighted by Gasteiger charge is 2.34. The molecule has 0 bridgehead atoms. The van der Waals surface area contributed by atoms with E-state index in [0.717, 1.165) is 0 Å². The van der Waals surface area contributed by atoms with E-state index in [1.54, 1.807) is 0 Å². The van der Waals surface area contributed by atoms with Crippen molar-refractivity contribution in [2.75, 3.05) is 6.67 Å². The quantitative estimate of drug-likeness (QED) is 0.425. The standard InChI is InChI=1S/C5H2F6/c6-2-3(7)1-4(8)5(9,10)11/h2H2. The minimum absolute atomic E-state index is 0.569.